The minimum absolute atomic E-state index is 0.0220. The van der Waals surface area contributed by atoms with Gasteiger partial charge in [0, 0.05) is 43.6 Å². The molecule has 4 aromatic rings. The fourth-order valence-electron chi connectivity index (χ4n) is 5.61. The lowest BCUT2D eigenvalue weighted by Gasteiger charge is -2.40. The molecule has 6 rings (SSSR count). The highest BCUT2D eigenvalue weighted by Gasteiger charge is 2.31. The Morgan fingerprint density at radius 1 is 1.23 bits per heavy atom. The number of anilines is 1. The molecule has 206 valence electrons. The molecule has 1 amide bonds. The van der Waals surface area contributed by atoms with E-state index in [4.69, 9.17) is 4.98 Å². The first kappa shape index (κ1) is 25.8. The van der Waals surface area contributed by atoms with Gasteiger partial charge in [-0.15, -0.1) is 5.10 Å². The van der Waals surface area contributed by atoms with Crippen molar-refractivity contribution in [3.8, 4) is 5.69 Å². The normalized spacial score (nSPS) is 17.1. The van der Waals surface area contributed by atoms with E-state index in [1.165, 1.54) is 16.7 Å². The van der Waals surface area contributed by atoms with Crippen molar-refractivity contribution in [1.82, 2.24) is 39.4 Å². The second kappa shape index (κ2) is 9.92. The minimum Gasteiger partial charge on any atom is -0.350 e. The van der Waals surface area contributed by atoms with Gasteiger partial charge in [0.05, 0.1) is 34.7 Å². The van der Waals surface area contributed by atoms with Crippen LogP contribution in [0.25, 0.3) is 16.7 Å². The number of hydrogen-bond acceptors (Lipinski definition) is 8. The number of piperazine rings is 1. The maximum absolute atomic E-state index is 15.6. The summed E-state index contributed by atoms with van der Waals surface area (Å²) in [5.74, 6) is -0.297. The summed E-state index contributed by atoms with van der Waals surface area (Å²) in [5.41, 5.74) is 2.83. The van der Waals surface area contributed by atoms with Crippen LogP contribution in [0, 0.1) is 5.82 Å². The molecule has 2 aliphatic heterocycles. The Bertz CT molecular complexity index is 1710. The third-order valence-electron chi connectivity index (χ3n) is 7.60. The second-order valence-electron chi connectivity index (χ2n) is 10.6. The topological polar surface area (TPSA) is 115 Å². The van der Waals surface area contributed by atoms with Gasteiger partial charge in [-0.2, -0.15) is 4.98 Å². The molecule has 0 aliphatic carbocycles. The number of rotatable bonds is 3. The zero-order chi connectivity index (χ0) is 28.1. The highest BCUT2D eigenvalue weighted by atomic mass is 19.1. The van der Waals surface area contributed by atoms with Crippen LogP contribution in [0.1, 0.15) is 49.3 Å². The number of aromatic nitrogens is 7. The summed E-state index contributed by atoms with van der Waals surface area (Å²) in [6.45, 7) is 11.2. The molecule has 12 heteroatoms. The Balaban J connectivity index is 1.62. The minimum atomic E-state index is -0.531. The van der Waals surface area contributed by atoms with Gasteiger partial charge in [0.1, 0.15) is 11.6 Å². The zero-order valence-electron chi connectivity index (χ0n) is 22.7. The molecule has 0 N–H and O–H groups in total. The van der Waals surface area contributed by atoms with Gasteiger partial charge in [-0.1, -0.05) is 25.6 Å². The Labute approximate surface area is 230 Å². The third kappa shape index (κ3) is 4.33. The molecule has 1 saturated heterocycles. The molecular weight excluding hydrogens is 513 g/mol. The molecule has 4 aromatic heterocycles. The summed E-state index contributed by atoms with van der Waals surface area (Å²) in [7, 11) is 0. The first-order valence-electron chi connectivity index (χ1n) is 13.4. The van der Waals surface area contributed by atoms with Gasteiger partial charge in [0.2, 0.25) is 5.91 Å². The van der Waals surface area contributed by atoms with Crippen molar-refractivity contribution in [2.45, 2.75) is 52.1 Å². The summed E-state index contributed by atoms with van der Waals surface area (Å²) in [5, 5.41) is 8.94. The Kier molecular flexibility index (Phi) is 6.40. The van der Waals surface area contributed by atoms with Crippen molar-refractivity contribution in [3.05, 3.63) is 76.1 Å². The molecule has 0 aromatic carbocycles. The van der Waals surface area contributed by atoms with Gasteiger partial charge in [-0.05, 0) is 43.9 Å². The largest absolute Gasteiger partial charge is 0.355 e. The van der Waals surface area contributed by atoms with Crippen molar-refractivity contribution in [2.24, 2.45) is 0 Å². The lowest BCUT2D eigenvalue weighted by molar-refractivity contribution is -0.126. The number of nitrogens with zero attached hydrogens (tertiary/aromatic N) is 9. The van der Waals surface area contributed by atoms with Gasteiger partial charge < -0.3 is 9.80 Å². The molecule has 1 fully saturated rings. The van der Waals surface area contributed by atoms with Crippen LogP contribution in [0.15, 0.2) is 42.0 Å². The van der Waals surface area contributed by atoms with Crippen LogP contribution >= 0.6 is 0 Å². The smallest absolute Gasteiger partial charge is 0.350 e. The summed E-state index contributed by atoms with van der Waals surface area (Å²) < 4.78 is 18.8. The lowest BCUT2D eigenvalue weighted by Crippen LogP contribution is -2.54. The molecule has 4 bridgehead atoms. The fourth-order valence-corrected chi connectivity index (χ4v) is 5.61. The van der Waals surface area contributed by atoms with E-state index in [-0.39, 0.29) is 23.6 Å². The summed E-state index contributed by atoms with van der Waals surface area (Å²) >= 11 is 0. The number of amides is 1. The lowest BCUT2D eigenvalue weighted by atomic mass is 10.0. The molecule has 0 radical (unpaired) electrons. The maximum Gasteiger partial charge on any atom is 0.355 e. The van der Waals surface area contributed by atoms with E-state index in [1.54, 1.807) is 15.8 Å². The Hall–Kier alpha value is -4.48. The maximum atomic E-state index is 15.6. The molecule has 0 saturated carbocycles. The van der Waals surface area contributed by atoms with Gasteiger partial charge in [0.25, 0.3) is 0 Å². The monoisotopic (exact) mass is 543 g/mol. The molecule has 2 aliphatic rings. The fraction of sp³-hybridized carbons (Fsp3) is 0.393. The van der Waals surface area contributed by atoms with E-state index in [0.717, 1.165) is 11.3 Å². The second-order valence-corrected chi connectivity index (χ2v) is 10.6. The SMILES string of the molecule is C=CC(=O)N1CCN(c2nc(=O)n3c4nc(c(F)cc24)CCc2cn(nn2)Cc2ccnc(C(C)C)c2-3)[C@@H](C)C1. The van der Waals surface area contributed by atoms with Crippen molar-refractivity contribution < 1.29 is 9.18 Å². The molecular formula is C28H30FN9O2. The highest BCUT2D eigenvalue weighted by Crippen LogP contribution is 2.32. The van der Waals surface area contributed by atoms with E-state index in [2.05, 4.69) is 26.9 Å². The van der Waals surface area contributed by atoms with Crippen LogP contribution in [0.3, 0.4) is 0 Å². The Morgan fingerprint density at radius 2 is 2.05 bits per heavy atom. The summed E-state index contributed by atoms with van der Waals surface area (Å²) in [4.78, 5) is 43.8. The van der Waals surface area contributed by atoms with Gasteiger partial charge in [-0.3, -0.25) is 9.78 Å². The predicted octanol–water partition coefficient (Wildman–Crippen LogP) is 2.40. The van der Waals surface area contributed by atoms with Crippen LogP contribution in [-0.2, 0) is 24.2 Å². The predicted molar refractivity (Wildman–Crippen MR) is 147 cm³/mol. The molecule has 40 heavy (non-hydrogen) atoms. The van der Waals surface area contributed by atoms with Gasteiger partial charge >= 0.3 is 5.69 Å². The Morgan fingerprint density at radius 3 is 2.80 bits per heavy atom. The number of pyridine rings is 2. The van der Waals surface area contributed by atoms with Crippen LogP contribution in [-0.4, -0.2) is 71.0 Å². The molecule has 6 heterocycles. The first-order chi connectivity index (χ1) is 19.2. The number of carbonyl (C=O) groups is 1. The number of aryl methyl sites for hydroxylation is 2. The van der Waals surface area contributed by atoms with E-state index >= 15 is 4.39 Å². The number of carbonyl (C=O) groups excluding carboxylic acids is 1. The molecule has 0 spiro atoms. The van der Waals surface area contributed by atoms with Crippen LogP contribution in [0.5, 0.6) is 0 Å². The number of halogens is 1. The molecule has 11 nitrogen and oxygen atoms in total. The standard InChI is InChI=1S/C28H30FN9O2/c1-5-23(39)35-10-11-37(17(4)13-35)26-20-12-21(29)22-7-6-19-15-36(34-33-19)14-18-8-9-30-24(16(2)3)25(18)38(27(20)31-22)28(40)32-26/h5,8-9,12,15-17H,1,6-7,10-11,13-14H2,2-4H3/t17-/m0/s1. The number of hydrogen-bond donors (Lipinski definition) is 0. The van der Waals surface area contributed by atoms with Crippen molar-refractivity contribution in [3.63, 3.8) is 0 Å². The quantitative estimate of drug-likeness (QED) is 0.362. The third-order valence-corrected chi connectivity index (χ3v) is 7.60. The van der Waals surface area contributed by atoms with Gasteiger partial charge in [0.15, 0.2) is 5.65 Å². The summed E-state index contributed by atoms with van der Waals surface area (Å²) in [6, 6.07) is 3.11. The van der Waals surface area contributed by atoms with E-state index in [0.29, 0.717) is 67.3 Å². The van der Waals surface area contributed by atoms with Crippen molar-refractivity contribution in [2.75, 3.05) is 24.5 Å². The van der Waals surface area contributed by atoms with Gasteiger partial charge in [-0.25, -0.2) is 23.4 Å². The van der Waals surface area contributed by atoms with Crippen molar-refractivity contribution in [1.29, 1.82) is 0 Å². The van der Waals surface area contributed by atoms with Crippen LogP contribution < -0.4 is 10.6 Å². The van der Waals surface area contributed by atoms with Crippen LogP contribution in [0.4, 0.5) is 10.2 Å². The number of fused-ring (bicyclic) bond motifs is 5. The average molecular weight is 544 g/mol. The van der Waals surface area contributed by atoms with E-state index in [9.17, 15) is 9.59 Å². The average Bonchev–Trinajstić information content (AvgIpc) is 3.38. The first-order valence-corrected chi connectivity index (χ1v) is 13.4. The van der Waals surface area contributed by atoms with Crippen LogP contribution in [0.2, 0.25) is 0 Å². The molecule has 0 unspecified atom stereocenters. The highest BCUT2D eigenvalue weighted by molar-refractivity contribution is 5.90. The zero-order valence-corrected chi connectivity index (χ0v) is 22.7. The van der Waals surface area contributed by atoms with Crippen molar-refractivity contribution >= 4 is 22.8 Å². The summed E-state index contributed by atoms with van der Waals surface area (Å²) in [6.07, 6.45) is 5.60. The van der Waals surface area contributed by atoms with E-state index in [1.807, 2.05) is 37.9 Å². The molecule has 1 atom stereocenters. The van der Waals surface area contributed by atoms with E-state index < -0.39 is 11.5 Å².